The summed E-state index contributed by atoms with van der Waals surface area (Å²) in [4.78, 5) is 13.2. The van der Waals surface area contributed by atoms with Gasteiger partial charge < -0.3 is 4.90 Å². The van der Waals surface area contributed by atoms with Crippen molar-refractivity contribution in [2.45, 2.75) is 6.92 Å². The maximum absolute atomic E-state index is 11.7. The predicted octanol–water partition coefficient (Wildman–Crippen LogP) is 2.29. The summed E-state index contributed by atoms with van der Waals surface area (Å²) >= 11 is 0. The van der Waals surface area contributed by atoms with Crippen LogP contribution in [0.15, 0.2) is 43.1 Å². The maximum atomic E-state index is 11.7. The summed E-state index contributed by atoms with van der Waals surface area (Å²) in [6, 6.07) is 9.19. The first-order valence-corrected chi connectivity index (χ1v) is 4.28. The molecule has 0 bridgehead atoms. The summed E-state index contributed by atoms with van der Waals surface area (Å²) in [5.74, 6) is -0.00176. The number of nitrogens with zero attached hydrogens (tertiary/aromatic N) is 1. The van der Waals surface area contributed by atoms with Crippen molar-refractivity contribution in [2.75, 3.05) is 6.54 Å². The van der Waals surface area contributed by atoms with Crippen LogP contribution in [0.5, 0.6) is 0 Å². The van der Waals surface area contributed by atoms with E-state index in [0.717, 1.165) is 0 Å². The number of carbonyl (C=O) groups is 1. The molecule has 0 N–H and O–H groups in total. The lowest BCUT2D eigenvalue weighted by atomic mass is 10.2. The number of benzene rings is 1. The van der Waals surface area contributed by atoms with Crippen LogP contribution >= 0.6 is 0 Å². The van der Waals surface area contributed by atoms with Gasteiger partial charge in [-0.05, 0) is 25.3 Å². The van der Waals surface area contributed by atoms with Gasteiger partial charge in [-0.15, -0.1) is 0 Å². The van der Waals surface area contributed by atoms with Crippen LogP contribution in [0.2, 0.25) is 0 Å². The van der Waals surface area contributed by atoms with Gasteiger partial charge in [0.15, 0.2) is 0 Å². The average Bonchev–Trinajstić information content (AvgIpc) is 2.21. The molecule has 68 valence electrons. The fourth-order valence-electron chi connectivity index (χ4n) is 1.10. The van der Waals surface area contributed by atoms with Crippen molar-refractivity contribution in [3.8, 4) is 0 Å². The van der Waals surface area contributed by atoms with Crippen molar-refractivity contribution in [2.24, 2.45) is 0 Å². The first-order valence-electron chi connectivity index (χ1n) is 4.28. The third-order valence-corrected chi connectivity index (χ3v) is 1.84. The topological polar surface area (TPSA) is 20.3 Å². The van der Waals surface area contributed by atoms with Crippen LogP contribution in [0.25, 0.3) is 0 Å². The zero-order valence-corrected chi connectivity index (χ0v) is 7.73. The van der Waals surface area contributed by atoms with Crippen molar-refractivity contribution in [1.29, 1.82) is 0 Å². The molecule has 0 unspecified atom stereocenters. The van der Waals surface area contributed by atoms with Crippen LogP contribution < -0.4 is 0 Å². The Kier molecular flexibility index (Phi) is 3.26. The molecule has 0 fully saturated rings. The van der Waals surface area contributed by atoms with Gasteiger partial charge in [0.25, 0.3) is 5.91 Å². The van der Waals surface area contributed by atoms with Crippen molar-refractivity contribution in [1.82, 2.24) is 4.90 Å². The first kappa shape index (κ1) is 9.52. The molecule has 0 aliphatic carbocycles. The molecule has 1 amide bonds. The fraction of sp³-hybridized carbons (Fsp3) is 0.182. The van der Waals surface area contributed by atoms with Crippen LogP contribution in [-0.4, -0.2) is 17.4 Å². The molecule has 0 aromatic heterocycles. The number of hydrogen-bond donors (Lipinski definition) is 0. The van der Waals surface area contributed by atoms with Gasteiger partial charge in [-0.25, -0.2) is 0 Å². The third-order valence-electron chi connectivity index (χ3n) is 1.84. The van der Waals surface area contributed by atoms with E-state index < -0.39 is 0 Å². The molecule has 2 heteroatoms. The molecule has 0 saturated carbocycles. The molecular weight excluding hydrogens is 162 g/mol. The van der Waals surface area contributed by atoms with E-state index in [4.69, 9.17) is 0 Å². The maximum Gasteiger partial charge on any atom is 0.257 e. The second-order valence-electron chi connectivity index (χ2n) is 2.64. The standard InChI is InChI=1S/C11H13NO/c1-3-12(4-2)11(13)10-8-6-5-7-9-10/h3,5-9H,1,4H2,2H3. The number of hydrogen-bond acceptors (Lipinski definition) is 1. The van der Waals surface area contributed by atoms with Gasteiger partial charge in [-0.3, -0.25) is 4.79 Å². The van der Waals surface area contributed by atoms with E-state index in [-0.39, 0.29) is 5.91 Å². The number of amides is 1. The smallest absolute Gasteiger partial charge is 0.257 e. The van der Waals surface area contributed by atoms with E-state index in [1.807, 2.05) is 25.1 Å². The molecule has 0 saturated heterocycles. The highest BCUT2D eigenvalue weighted by atomic mass is 16.2. The van der Waals surface area contributed by atoms with Gasteiger partial charge in [-0.1, -0.05) is 24.8 Å². The highest BCUT2D eigenvalue weighted by Crippen LogP contribution is 2.03. The molecule has 0 aliphatic rings. The van der Waals surface area contributed by atoms with Crippen molar-refractivity contribution < 1.29 is 4.79 Å². The van der Waals surface area contributed by atoms with E-state index in [9.17, 15) is 4.79 Å². The van der Waals surface area contributed by atoms with Gasteiger partial charge in [-0.2, -0.15) is 0 Å². The lowest BCUT2D eigenvalue weighted by Gasteiger charge is -2.14. The van der Waals surface area contributed by atoms with E-state index in [1.54, 1.807) is 23.2 Å². The minimum absolute atomic E-state index is 0.00176. The zero-order chi connectivity index (χ0) is 9.68. The Labute approximate surface area is 78.5 Å². The molecule has 0 heterocycles. The summed E-state index contributed by atoms with van der Waals surface area (Å²) in [5.41, 5.74) is 0.698. The lowest BCUT2D eigenvalue weighted by Crippen LogP contribution is -2.24. The molecule has 0 aliphatic heterocycles. The van der Waals surface area contributed by atoms with E-state index in [2.05, 4.69) is 6.58 Å². The van der Waals surface area contributed by atoms with Crippen LogP contribution in [0.1, 0.15) is 17.3 Å². The molecule has 0 atom stereocenters. The fourth-order valence-corrected chi connectivity index (χ4v) is 1.10. The monoisotopic (exact) mass is 175 g/mol. The Morgan fingerprint density at radius 1 is 1.46 bits per heavy atom. The second kappa shape index (κ2) is 4.45. The first-order chi connectivity index (χ1) is 6.29. The molecule has 0 radical (unpaired) electrons. The van der Waals surface area contributed by atoms with Crippen LogP contribution in [0, 0.1) is 0 Å². The van der Waals surface area contributed by atoms with Crippen molar-refractivity contribution >= 4 is 5.91 Å². The molecular formula is C11H13NO. The Hall–Kier alpha value is -1.57. The molecule has 2 nitrogen and oxygen atoms in total. The Bertz CT molecular complexity index is 292. The highest BCUT2D eigenvalue weighted by molar-refractivity contribution is 5.94. The third kappa shape index (κ3) is 2.18. The highest BCUT2D eigenvalue weighted by Gasteiger charge is 2.09. The molecule has 1 rings (SSSR count). The van der Waals surface area contributed by atoms with Gasteiger partial charge in [0.2, 0.25) is 0 Å². The number of carbonyl (C=O) groups excluding carboxylic acids is 1. The van der Waals surface area contributed by atoms with E-state index >= 15 is 0 Å². The number of rotatable bonds is 3. The van der Waals surface area contributed by atoms with Crippen LogP contribution in [-0.2, 0) is 0 Å². The molecule has 0 spiro atoms. The molecule has 13 heavy (non-hydrogen) atoms. The minimum Gasteiger partial charge on any atom is -0.316 e. The summed E-state index contributed by atoms with van der Waals surface area (Å²) in [5, 5.41) is 0. The van der Waals surface area contributed by atoms with Crippen LogP contribution in [0.3, 0.4) is 0 Å². The predicted molar refractivity (Wildman–Crippen MR) is 53.3 cm³/mol. The lowest BCUT2D eigenvalue weighted by molar-refractivity contribution is 0.0829. The normalized spacial score (nSPS) is 9.31. The summed E-state index contributed by atoms with van der Waals surface area (Å²) in [7, 11) is 0. The van der Waals surface area contributed by atoms with Gasteiger partial charge in [0, 0.05) is 12.1 Å². The van der Waals surface area contributed by atoms with Gasteiger partial charge in [0.1, 0.15) is 0 Å². The molecule has 1 aromatic rings. The van der Waals surface area contributed by atoms with Crippen LogP contribution in [0.4, 0.5) is 0 Å². The van der Waals surface area contributed by atoms with Gasteiger partial charge in [0.05, 0.1) is 0 Å². The van der Waals surface area contributed by atoms with E-state index in [1.165, 1.54) is 0 Å². The Morgan fingerprint density at radius 3 is 2.54 bits per heavy atom. The second-order valence-corrected chi connectivity index (χ2v) is 2.64. The van der Waals surface area contributed by atoms with E-state index in [0.29, 0.717) is 12.1 Å². The average molecular weight is 175 g/mol. The molecule has 1 aromatic carbocycles. The summed E-state index contributed by atoms with van der Waals surface area (Å²) < 4.78 is 0. The van der Waals surface area contributed by atoms with Gasteiger partial charge >= 0.3 is 0 Å². The summed E-state index contributed by atoms with van der Waals surface area (Å²) in [6.07, 6.45) is 1.55. The Balaban J connectivity index is 2.84. The zero-order valence-electron chi connectivity index (χ0n) is 7.73. The summed E-state index contributed by atoms with van der Waals surface area (Å²) in [6.45, 7) is 6.15. The van der Waals surface area contributed by atoms with Crippen molar-refractivity contribution in [3.63, 3.8) is 0 Å². The largest absolute Gasteiger partial charge is 0.316 e. The minimum atomic E-state index is -0.00176. The quantitative estimate of drug-likeness (QED) is 0.690. The Morgan fingerprint density at radius 2 is 2.08 bits per heavy atom. The van der Waals surface area contributed by atoms with Crippen molar-refractivity contribution in [3.05, 3.63) is 48.7 Å². The SMILES string of the molecule is C=CN(CC)C(=O)c1ccccc1.